The van der Waals surface area contributed by atoms with E-state index in [1.54, 1.807) is 24.3 Å². The third kappa shape index (κ3) is 1.66. The number of nitrogen functional groups attached to an aromatic ring is 1. The Kier molecular flexibility index (Phi) is 2.63. The minimum absolute atomic E-state index is 0.0339. The molecule has 0 fully saturated rings. The van der Waals surface area contributed by atoms with E-state index in [4.69, 9.17) is 11.0 Å². The van der Waals surface area contributed by atoms with E-state index in [2.05, 4.69) is 9.72 Å². The molecular weight excluding hydrogens is 218 g/mol. The van der Waals surface area contributed by atoms with Crippen LogP contribution in [0.3, 0.4) is 0 Å². The van der Waals surface area contributed by atoms with Gasteiger partial charge in [0.1, 0.15) is 17.5 Å². The largest absolute Gasteiger partial charge is 0.465 e. The molecule has 17 heavy (non-hydrogen) atoms. The molecule has 1 heterocycles. The van der Waals surface area contributed by atoms with Gasteiger partial charge in [-0.3, -0.25) is 0 Å². The molecule has 0 bridgehead atoms. The molecule has 2 rings (SSSR count). The van der Waals surface area contributed by atoms with Gasteiger partial charge < -0.3 is 10.5 Å². The van der Waals surface area contributed by atoms with Crippen LogP contribution in [-0.2, 0) is 4.74 Å². The summed E-state index contributed by atoms with van der Waals surface area (Å²) in [5, 5.41) is 9.59. The molecule has 1 aromatic carbocycles. The van der Waals surface area contributed by atoms with Crippen LogP contribution in [0.15, 0.2) is 24.3 Å². The summed E-state index contributed by atoms with van der Waals surface area (Å²) in [4.78, 5) is 15.8. The number of aromatic nitrogens is 1. The molecule has 0 radical (unpaired) electrons. The zero-order valence-electron chi connectivity index (χ0n) is 9.10. The highest BCUT2D eigenvalue weighted by Gasteiger charge is 2.19. The van der Waals surface area contributed by atoms with Crippen LogP contribution >= 0.6 is 0 Å². The quantitative estimate of drug-likeness (QED) is 0.745. The Balaban J connectivity index is 2.93. The highest BCUT2D eigenvalue weighted by molar-refractivity contribution is 6.06. The predicted molar refractivity (Wildman–Crippen MR) is 62.2 cm³/mol. The van der Waals surface area contributed by atoms with Crippen molar-refractivity contribution in [2.24, 2.45) is 0 Å². The first-order valence-electron chi connectivity index (χ1n) is 4.85. The molecule has 0 unspecified atom stereocenters. The van der Waals surface area contributed by atoms with Gasteiger partial charge in [-0.15, -0.1) is 0 Å². The number of rotatable bonds is 1. The van der Waals surface area contributed by atoms with Crippen LogP contribution < -0.4 is 5.73 Å². The average molecular weight is 227 g/mol. The summed E-state index contributed by atoms with van der Waals surface area (Å²) < 4.78 is 4.67. The van der Waals surface area contributed by atoms with Gasteiger partial charge >= 0.3 is 5.97 Å². The van der Waals surface area contributed by atoms with Crippen LogP contribution in [0.4, 0.5) is 5.82 Å². The second-order valence-corrected chi connectivity index (χ2v) is 3.37. The Morgan fingerprint density at radius 2 is 2.18 bits per heavy atom. The Bertz CT molecular complexity index is 644. The van der Waals surface area contributed by atoms with E-state index in [0.717, 1.165) is 0 Å². The maximum atomic E-state index is 11.7. The molecule has 1 aromatic heterocycles. The van der Waals surface area contributed by atoms with Crippen LogP contribution in [0.25, 0.3) is 10.9 Å². The lowest BCUT2D eigenvalue weighted by atomic mass is 10.0. The molecule has 0 saturated carbocycles. The smallest absolute Gasteiger partial charge is 0.340 e. The van der Waals surface area contributed by atoms with Crippen molar-refractivity contribution in [3.8, 4) is 6.07 Å². The van der Waals surface area contributed by atoms with E-state index in [1.807, 2.05) is 6.07 Å². The SMILES string of the molecule is COC(=O)c1c(C#N)c(N)nc2ccccc12. The minimum atomic E-state index is -0.591. The Morgan fingerprint density at radius 3 is 2.82 bits per heavy atom. The fourth-order valence-corrected chi connectivity index (χ4v) is 1.66. The van der Waals surface area contributed by atoms with Crippen molar-refractivity contribution in [1.29, 1.82) is 5.26 Å². The van der Waals surface area contributed by atoms with Gasteiger partial charge in [-0.1, -0.05) is 18.2 Å². The molecule has 2 aromatic rings. The molecule has 0 saturated heterocycles. The van der Waals surface area contributed by atoms with Crippen molar-refractivity contribution >= 4 is 22.7 Å². The van der Waals surface area contributed by atoms with Gasteiger partial charge in [-0.2, -0.15) is 5.26 Å². The molecule has 0 amide bonds. The monoisotopic (exact) mass is 227 g/mol. The topological polar surface area (TPSA) is 89.0 Å². The number of ether oxygens (including phenoxy) is 1. The Labute approximate surface area is 97.4 Å². The summed E-state index contributed by atoms with van der Waals surface area (Å²) in [5.41, 5.74) is 6.43. The van der Waals surface area contributed by atoms with Gasteiger partial charge in [-0.05, 0) is 6.07 Å². The third-order valence-electron chi connectivity index (χ3n) is 2.42. The van der Waals surface area contributed by atoms with Crippen molar-refractivity contribution in [3.05, 3.63) is 35.4 Å². The number of esters is 1. The molecule has 0 aliphatic carbocycles. The molecule has 0 atom stereocenters. The number of nitriles is 1. The summed E-state index contributed by atoms with van der Waals surface area (Å²) in [6.07, 6.45) is 0. The second-order valence-electron chi connectivity index (χ2n) is 3.37. The van der Waals surface area contributed by atoms with Crippen molar-refractivity contribution in [2.75, 3.05) is 12.8 Å². The van der Waals surface area contributed by atoms with Gasteiger partial charge in [-0.25, -0.2) is 9.78 Å². The number of fused-ring (bicyclic) bond motifs is 1. The normalized spacial score (nSPS) is 9.88. The van der Waals surface area contributed by atoms with Crippen LogP contribution in [0.2, 0.25) is 0 Å². The first-order chi connectivity index (χ1) is 8.19. The van der Waals surface area contributed by atoms with E-state index >= 15 is 0 Å². The molecule has 0 aliphatic rings. The number of carbonyl (C=O) groups excluding carboxylic acids is 1. The first-order valence-corrected chi connectivity index (χ1v) is 4.85. The van der Waals surface area contributed by atoms with Crippen LogP contribution in [-0.4, -0.2) is 18.1 Å². The molecule has 84 valence electrons. The van der Waals surface area contributed by atoms with Crippen molar-refractivity contribution in [2.45, 2.75) is 0 Å². The zero-order valence-corrected chi connectivity index (χ0v) is 9.10. The first kappa shape index (κ1) is 10.9. The number of para-hydroxylation sites is 1. The fourth-order valence-electron chi connectivity index (χ4n) is 1.66. The molecule has 0 aliphatic heterocycles. The highest BCUT2D eigenvalue weighted by Crippen LogP contribution is 2.24. The number of carbonyl (C=O) groups is 1. The van der Waals surface area contributed by atoms with Gasteiger partial charge in [0.15, 0.2) is 0 Å². The number of hydrogen-bond acceptors (Lipinski definition) is 5. The average Bonchev–Trinajstić information content (AvgIpc) is 2.36. The number of nitrogens with two attached hydrogens (primary N) is 1. The summed E-state index contributed by atoms with van der Waals surface area (Å²) >= 11 is 0. The molecular formula is C12H9N3O2. The van der Waals surface area contributed by atoms with Crippen molar-refractivity contribution in [1.82, 2.24) is 4.98 Å². The maximum absolute atomic E-state index is 11.7. The van der Waals surface area contributed by atoms with E-state index in [0.29, 0.717) is 10.9 Å². The summed E-state index contributed by atoms with van der Waals surface area (Å²) in [7, 11) is 1.26. The molecule has 5 nitrogen and oxygen atoms in total. The highest BCUT2D eigenvalue weighted by atomic mass is 16.5. The van der Waals surface area contributed by atoms with E-state index < -0.39 is 5.97 Å². The number of hydrogen-bond donors (Lipinski definition) is 1. The Morgan fingerprint density at radius 1 is 1.47 bits per heavy atom. The van der Waals surface area contributed by atoms with Crippen molar-refractivity contribution < 1.29 is 9.53 Å². The summed E-state index contributed by atoms with van der Waals surface area (Å²) in [6, 6.07) is 8.85. The Hall–Kier alpha value is -2.61. The predicted octanol–water partition coefficient (Wildman–Crippen LogP) is 1.48. The van der Waals surface area contributed by atoms with Crippen LogP contribution in [0.5, 0.6) is 0 Å². The van der Waals surface area contributed by atoms with Gasteiger partial charge in [0.2, 0.25) is 0 Å². The van der Waals surface area contributed by atoms with E-state index in [9.17, 15) is 4.79 Å². The number of methoxy groups -OCH3 is 1. The number of anilines is 1. The third-order valence-corrected chi connectivity index (χ3v) is 2.42. The van der Waals surface area contributed by atoms with Crippen LogP contribution in [0, 0.1) is 11.3 Å². The maximum Gasteiger partial charge on any atom is 0.340 e. The van der Waals surface area contributed by atoms with Crippen LogP contribution in [0.1, 0.15) is 15.9 Å². The number of benzene rings is 1. The molecule has 2 N–H and O–H groups in total. The standard InChI is InChI=1S/C12H9N3O2/c1-17-12(16)10-7-4-2-3-5-9(7)15-11(14)8(10)6-13/h2-5H,1H3,(H2,14,15). The van der Waals surface area contributed by atoms with Gasteiger partial charge in [0, 0.05) is 5.39 Å². The molecule has 0 spiro atoms. The lowest BCUT2D eigenvalue weighted by Gasteiger charge is -2.08. The number of nitrogens with zero attached hydrogens (tertiary/aromatic N) is 2. The van der Waals surface area contributed by atoms with Gasteiger partial charge in [0.05, 0.1) is 18.2 Å². The van der Waals surface area contributed by atoms with Crippen molar-refractivity contribution in [3.63, 3.8) is 0 Å². The van der Waals surface area contributed by atoms with E-state index in [-0.39, 0.29) is 16.9 Å². The lowest BCUT2D eigenvalue weighted by Crippen LogP contribution is -2.09. The van der Waals surface area contributed by atoms with Gasteiger partial charge in [0.25, 0.3) is 0 Å². The zero-order chi connectivity index (χ0) is 12.4. The number of pyridine rings is 1. The second kappa shape index (κ2) is 4.10. The lowest BCUT2D eigenvalue weighted by molar-refractivity contribution is 0.0602. The summed E-state index contributed by atoms with van der Waals surface area (Å²) in [6.45, 7) is 0. The minimum Gasteiger partial charge on any atom is -0.465 e. The summed E-state index contributed by atoms with van der Waals surface area (Å²) in [5.74, 6) is -0.557. The molecule has 5 heteroatoms. The fraction of sp³-hybridized carbons (Fsp3) is 0.0833. The van der Waals surface area contributed by atoms with E-state index in [1.165, 1.54) is 7.11 Å².